The van der Waals surface area contributed by atoms with E-state index in [2.05, 4.69) is 14.7 Å². The largest absolute Gasteiger partial charge is 0.348 e. The number of rotatable bonds is 2. The molecule has 0 fully saturated rings. The first-order chi connectivity index (χ1) is 7.10. The summed E-state index contributed by atoms with van der Waals surface area (Å²) in [5, 5.41) is 3.08. The second-order valence-corrected chi connectivity index (χ2v) is 4.88. The van der Waals surface area contributed by atoms with E-state index in [-0.39, 0.29) is 4.90 Å². The van der Waals surface area contributed by atoms with Crippen LogP contribution in [0.1, 0.15) is 0 Å². The molecule has 0 aliphatic rings. The predicted molar refractivity (Wildman–Crippen MR) is 50.0 cm³/mol. The molecule has 0 bridgehead atoms. The average Bonchev–Trinajstić information content (AvgIpc) is 2.71. The van der Waals surface area contributed by atoms with Crippen molar-refractivity contribution in [3.05, 3.63) is 35.6 Å². The van der Waals surface area contributed by atoms with E-state index in [1.807, 2.05) is 6.33 Å². The van der Waals surface area contributed by atoms with E-state index >= 15 is 0 Å². The zero-order valence-corrected chi connectivity index (χ0v) is 8.79. The van der Waals surface area contributed by atoms with Gasteiger partial charge in [-0.25, -0.2) is 8.42 Å². The van der Waals surface area contributed by atoms with Gasteiger partial charge in [-0.3, -0.25) is 0 Å². The van der Waals surface area contributed by atoms with Crippen molar-refractivity contribution in [3.8, 4) is 0 Å². The molecule has 0 aliphatic carbocycles. The van der Waals surface area contributed by atoms with Crippen molar-refractivity contribution in [1.82, 2.24) is 10.1 Å². The van der Waals surface area contributed by atoms with Crippen LogP contribution in [0.4, 0.5) is 0 Å². The number of sulfone groups is 1. The zero-order chi connectivity index (χ0) is 10.9. The molecule has 77 valence electrons. The van der Waals surface area contributed by atoms with Crippen LogP contribution < -0.4 is 0 Å². The van der Waals surface area contributed by atoms with Crippen LogP contribution in [0.3, 0.4) is 0 Å². The summed E-state index contributed by atoms with van der Waals surface area (Å²) in [4.78, 5) is 3.41. The fourth-order valence-electron chi connectivity index (χ4n) is 0.965. The fourth-order valence-corrected chi connectivity index (χ4v) is 2.08. The van der Waals surface area contributed by atoms with E-state index in [1.54, 1.807) is 0 Å². The SMILES string of the molecule is O=S(=O)(c1ccc(Cl)cc1)c1n[c]no1. The van der Waals surface area contributed by atoms with Gasteiger partial charge in [0, 0.05) is 5.02 Å². The number of aromatic nitrogens is 2. The van der Waals surface area contributed by atoms with Gasteiger partial charge in [0.05, 0.1) is 4.90 Å². The Morgan fingerprint density at radius 1 is 1.27 bits per heavy atom. The van der Waals surface area contributed by atoms with Crippen LogP contribution in [0.2, 0.25) is 5.02 Å². The number of hydrogen-bond acceptors (Lipinski definition) is 5. The van der Waals surface area contributed by atoms with Crippen LogP contribution in [0, 0.1) is 6.33 Å². The Kier molecular flexibility index (Phi) is 2.45. The Balaban J connectivity index is 2.52. The van der Waals surface area contributed by atoms with E-state index in [4.69, 9.17) is 11.6 Å². The van der Waals surface area contributed by atoms with Gasteiger partial charge in [-0.2, -0.15) is 4.98 Å². The quantitative estimate of drug-likeness (QED) is 0.796. The molecule has 0 saturated heterocycles. The molecular weight excluding hydrogens is 240 g/mol. The van der Waals surface area contributed by atoms with Crippen molar-refractivity contribution in [2.45, 2.75) is 10.1 Å². The van der Waals surface area contributed by atoms with Crippen molar-refractivity contribution in [2.24, 2.45) is 0 Å². The Hall–Kier alpha value is -1.40. The smallest absolute Gasteiger partial charge is 0.321 e. The maximum Gasteiger partial charge on any atom is 0.348 e. The highest BCUT2D eigenvalue weighted by Crippen LogP contribution is 2.19. The Morgan fingerprint density at radius 3 is 2.47 bits per heavy atom. The molecule has 0 aliphatic heterocycles. The lowest BCUT2D eigenvalue weighted by Gasteiger charge is -1.98. The average molecular weight is 244 g/mol. The summed E-state index contributed by atoms with van der Waals surface area (Å²) < 4.78 is 27.9. The van der Waals surface area contributed by atoms with Crippen LogP contribution in [-0.4, -0.2) is 18.6 Å². The summed E-state index contributed by atoms with van der Waals surface area (Å²) >= 11 is 5.63. The van der Waals surface area contributed by atoms with E-state index in [1.165, 1.54) is 24.3 Å². The lowest BCUT2D eigenvalue weighted by molar-refractivity contribution is 0.328. The summed E-state index contributed by atoms with van der Waals surface area (Å²) in [5.74, 6) is 0. The highest BCUT2D eigenvalue weighted by atomic mass is 35.5. The first-order valence-electron chi connectivity index (χ1n) is 3.81. The lowest BCUT2D eigenvalue weighted by atomic mass is 10.4. The molecule has 0 amide bonds. The third-order valence-electron chi connectivity index (χ3n) is 1.66. The second-order valence-electron chi connectivity index (χ2n) is 2.62. The van der Waals surface area contributed by atoms with E-state index in [9.17, 15) is 8.42 Å². The van der Waals surface area contributed by atoms with Crippen molar-refractivity contribution in [3.63, 3.8) is 0 Å². The highest BCUT2D eigenvalue weighted by molar-refractivity contribution is 7.91. The van der Waals surface area contributed by atoms with Crippen LogP contribution >= 0.6 is 11.6 Å². The third-order valence-corrected chi connectivity index (χ3v) is 3.43. The van der Waals surface area contributed by atoms with Crippen LogP contribution in [0.5, 0.6) is 0 Å². The maximum atomic E-state index is 11.7. The molecule has 7 heteroatoms. The minimum Gasteiger partial charge on any atom is -0.321 e. The highest BCUT2D eigenvalue weighted by Gasteiger charge is 2.23. The summed E-state index contributed by atoms with van der Waals surface area (Å²) in [6.45, 7) is 0. The molecule has 1 heterocycles. The standard InChI is InChI=1S/C8H4ClN2O3S/c9-6-1-3-7(4-2-6)15(12,13)8-10-5-11-14-8/h1-4H. The van der Waals surface area contributed by atoms with Gasteiger partial charge in [-0.05, 0) is 24.3 Å². The monoisotopic (exact) mass is 243 g/mol. The van der Waals surface area contributed by atoms with Gasteiger partial charge < -0.3 is 4.52 Å². The van der Waals surface area contributed by atoms with Gasteiger partial charge in [-0.1, -0.05) is 16.8 Å². The second kappa shape index (κ2) is 3.63. The minimum atomic E-state index is -3.74. The number of hydrogen-bond donors (Lipinski definition) is 0. The maximum absolute atomic E-state index is 11.7. The van der Waals surface area contributed by atoms with Gasteiger partial charge in [-0.15, -0.1) is 0 Å². The number of halogens is 1. The molecule has 0 saturated carbocycles. The first-order valence-corrected chi connectivity index (χ1v) is 5.67. The van der Waals surface area contributed by atoms with Crippen molar-refractivity contribution < 1.29 is 12.9 Å². The van der Waals surface area contributed by atoms with Crippen LogP contribution in [0.15, 0.2) is 38.9 Å². The molecule has 2 aromatic rings. The Morgan fingerprint density at radius 2 is 1.93 bits per heavy atom. The van der Waals surface area contributed by atoms with Crippen LogP contribution in [-0.2, 0) is 9.84 Å². The predicted octanol–water partition coefficient (Wildman–Crippen LogP) is 1.36. The van der Waals surface area contributed by atoms with Crippen LogP contribution in [0.25, 0.3) is 0 Å². The Bertz CT molecular complexity index is 548. The summed E-state index contributed by atoms with van der Waals surface area (Å²) in [5.41, 5.74) is 0. The molecule has 1 radical (unpaired) electrons. The van der Waals surface area contributed by atoms with Gasteiger partial charge in [0.1, 0.15) is 0 Å². The third kappa shape index (κ3) is 1.86. The molecule has 0 N–H and O–H groups in total. The summed E-state index contributed by atoms with van der Waals surface area (Å²) in [6, 6.07) is 5.66. The number of benzene rings is 1. The molecule has 0 spiro atoms. The van der Waals surface area contributed by atoms with E-state index in [0.29, 0.717) is 5.02 Å². The normalized spacial score (nSPS) is 11.5. The minimum absolute atomic E-state index is 0.0459. The first kappa shape index (κ1) is 10.1. The molecule has 15 heavy (non-hydrogen) atoms. The van der Waals surface area contributed by atoms with Gasteiger partial charge in [0.25, 0.3) is 9.84 Å². The molecule has 1 aromatic heterocycles. The molecule has 0 unspecified atom stereocenters. The van der Waals surface area contributed by atoms with Crippen molar-refractivity contribution in [2.75, 3.05) is 0 Å². The molecule has 2 rings (SSSR count). The molecule has 1 aromatic carbocycles. The van der Waals surface area contributed by atoms with Crippen molar-refractivity contribution in [1.29, 1.82) is 0 Å². The molecule has 5 nitrogen and oxygen atoms in total. The Labute approximate surface area is 90.6 Å². The van der Waals surface area contributed by atoms with E-state index < -0.39 is 15.1 Å². The summed E-state index contributed by atoms with van der Waals surface area (Å²) in [6.07, 6.45) is 2.05. The van der Waals surface area contributed by atoms with E-state index in [0.717, 1.165) is 0 Å². The van der Waals surface area contributed by atoms with Gasteiger partial charge >= 0.3 is 5.22 Å². The summed E-state index contributed by atoms with van der Waals surface area (Å²) in [7, 11) is -3.74. The lowest BCUT2D eigenvalue weighted by Crippen LogP contribution is -2.01. The molecule has 0 atom stereocenters. The molecular formula is C8H4ClN2O3S. The van der Waals surface area contributed by atoms with Gasteiger partial charge in [0.2, 0.25) is 6.33 Å². The van der Waals surface area contributed by atoms with Gasteiger partial charge in [0.15, 0.2) is 0 Å². The zero-order valence-electron chi connectivity index (χ0n) is 7.21. The fraction of sp³-hybridized carbons (Fsp3) is 0. The van der Waals surface area contributed by atoms with Crippen molar-refractivity contribution >= 4 is 21.4 Å². The number of nitrogens with zero attached hydrogens (tertiary/aromatic N) is 2. The topological polar surface area (TPSA) is 73.1 Å².